The SMILES string of the molecule is COC(=O)c1ccc2c(c1)N(C[C@@H]1CC[C@H]1C(OC)[C@@H]1CCC[C@@H](Sc3ncccn3)C1)C[C@@]1(CCCc3cc(Cl)ccc31)CO2. The van der Waals surface area contributed by atoms with Crippen molar-refractivity contribution in [2.75, 3.05) is 38.8 Å². The van der Waals surface area contributed by atoms with Crippen LogP contribution in [-0.4, -0.2) is 61.2 Å². The van der Waals surface area contributed by atoms with Crippen LogP contribution in [-0.2, 0) is 21.3 Å². The third-order valence-corrected chi connectivity index (χ3v) is 12.4. The summed E-state index contributed by atoms with van der Waals surface area (Å²) in [5.41, 5.74) is 4.06. The molecule has 4 aliphatic rings. The van der Waals surface area contributed by atoms with Gasteiger partial charge in [-0.05, 0) is 117 Å². The molecule has 9 heteroatoms. The summed E-state index contributed by atoms with van der Waals surface area (Å²) in [4.78, 5) is 24.1. The summed E-state index contributed by atoms with van der Waals surface area (Å²) >= 11 is 8.29. The first-order chi connectivity index (χ1) is 22.5. The van der Waals surface area contributed by atoms with Gasteiger partial charge in [0.15, 0.2) is 5.16 Å². The molecule has 2 heterocycles. The van der Waals surface area contributed by atoms with Crippen molar-refractivity contribution in [1.29, 1.82) is 0 Å². The summed E-state index contributed by atoms with van der Waals surface area (Å²) in [6.45, 7) is 2.34. The highest BCUT2D eigenvalue weighted by molar-refractivity contribution is 7.99. The minimum absolute atomic E-state index is 0.157. The van der Waals surface area contributed by atoms with Crippen molar-refractivity contribution < 1.29 is 19.0 Å². The van der Waals surface area contributed by atoms with E-state index < -0.39 is 0 Å². The van der Waals surface area contributed by atoms with Gasteiger partial charge in [-0.2, -0.15) is 0 Å². The molecule has 0 saturated heterocycles. The molecule has 2 aromatic carbocycles. The average Bonchev–Trinajstić information content (AvgIpc) is 3.22. The van der Waals surface area contributed by atoms with E-state index in [-0.39, 0.29) is 17.5 Å². The highest BCUT2D eigenvalue weighted by Gasteiger charge is 2.46. The smallest absolute Gasteiger partial charge is 0.337 e. The summed E-state index contributed by atoms with van der Waals surface area (Å²) in [6, 6.07) is 14.0. The van der Waals surface area contributed by atoms with E-state index in [0.29, 0.717) is 35.2 Å². The van der Waals surface area contributed by atoms with Crippen LogP contribution >= 0.6 is 23.4 Å². The minimum atomic E-state index is -0.328. The minimum Gasteiger partial charge on any atom is -0.490 e. The molecule has 2 saturated carbocycles. The third kappa shape index (κ3) is 6.37. The van der Waals surface area contributed by atoms with Gasteiger partial charge in [-0.3, -0.25) is 0 Å². The molecular weight excluding hydrogens is 618 g/mol. The van der Waals surface area contributed by atoms with Gasteiger partial charge < -0.3 is 19.1 Å². The molecular formula is C37H44ClN3O4S. The first-order valence-corrected chi connectivity index (χ1v) is 18.1. The lowest BCUT2D eigenvalue weighted by molar-refractivity contribution is -0.0587. The molecule has 7 nitrogen and oxygen atoms in total. The standard InChI is InChI=1S/C37H44ClN3O4S/c1-43-34(25-6-3-8-29(19-25)46-36-39-16-5-17-40-36)30-12-9-27(30)21-41-22-37(15-4-7-24-18-28(38)11-13-31(24)37)23-45-33-14-10-26(20-32(33)41)35(42)44-2/h5,10-11,13-14,16-18,20,25,27,29-30,34H,3-4,6-9,12,15,19,21-23H2,1-2H3/t25-,27+,29-,30-,34?,37+/m1/s1. The molecule has 0 bridgehead atoms. The van der Waals surface area contributed by atoms with Crippen LogP contribution in [0.4, 0.5) is 5.69 Å². The average molecular weight is 662 g/mol. The summed E-state index contributed by atoms with van der Waals surface area (Å²) < 4.78 is 18.1. The maximum absolute atomic E-state index is 12.6. The van der Waals surface area contributed by atoms with E-state index in [1.165, 1.54) is 50.3 Å². The topological polar surface area (TPSA) is 73.8 Å². The summed E-state index contributed by atoms with van der Waals surface area (Å²) in [5.74, 6) is 2.02. The van der Waals surface area contributed by atoms with Gasteiger partial charge in [-0.1, -0.05) is 35.9 Å². The number of anilines is 1. The third-order valence-electron chi connectivity index (χ3n) is 11.0. The van der Waals surface area contributed by atoms with Crippen molar-refractivity contribution in [3.05, 3.63) is 76.6 Å². The van der Waals surface area contributed by atoms with E-state index in [4.69, 9.17) is 25.8 Å². The molecule has 244 valence electrons. The van der Waals surface area contributed by atoms with Gasteiger partial charge in [0.25, 0.3) is 0 Å². The number of hydrogen-bond acceptors (Lipinski definition) is 8. The fourth-order valence-corrected chi connectivity index (χ4v) is 10.1. The first-order valence-electron chi connectivity index (χ1n) is 16.8. The second-order valence-corrected chi connectivity index (χ2v) is 15.4. The zero-order valence-electron chi connectivity index (χ0n) is 26.8. The Morgan fingerprint density at radius 1 is 1.11 bits per heavy atom. The number of fused-ring (bicyclic) bond motifs is 3. The molecule has 3 aromatic rings. The molecule has 0 N–H and O–H groups in total. The number of rotatable bonds is 8. The molecule has 0 radical (unpaired) electrons. The number of aryl methyl sites for hydroxylation is 1. The Morgan fingerprint density at radius 2 is 1.98 bits per heavy atom. The molecule has 3 aliphatic carbocycles. The number of hydrogen-bond donors (Lipinski definition) is 0. The zero-order chi connectivity index (χ0) is 31.7. The Kier molecular flexibility index (Phi) is 9.49. The van der Waals surface area contributed by atoms with Gasteiger partial charge >= 0.3 is 5.97 Å². The van der Waals surface area contributed by atoms with Crippen molar-refractivity contribution >= 4 is 35.0 Å². The summed E-state index contributed by atoms with van der Waals surface area (Å²) in [5, 5.41) is 2.18. The van der Waals surface area contributed by atoms with E-state index in [1.807, 2.05) is 61.6 Å². The van der Waals surface area contributed by atoms with Crippen LogP contribution < -0.4 is 9.64 Å². The Labute approximate surface area is 281 Å². The van der Waals surface area contributed by atoms with Gasteiger partial charge in [0.1, 0.15) is 5.75 Å². The van der Waals surface area contributed by atoms with E-state index in [2.05, 4.69) is 27.0 Å². The van der Waals surface area contributed by atoms with Gasteiger partial charge in [0.2, 0.25) is 0 Å². The lowest BCUT2D eigenvalue weighted by Crippen LogP contribution is -2.51. The van der Waals surface area contributed by atoms with Crippen LogP contribution in [0, 0.1) is 17.8 Å². The van der Waals surface area contributed by atoms with E-state index in [0.717, 1.165) is 60.4 Å². The predicted molar refractivity (Wildman–Crippen MR) is 182 cm³/mol. The van der Waals surface area contributed by atoms with Gasteiger partial charge in [0.05, 0.1) is 31.1 Å². The van der Waals surface area contributed by atoms with Gasteiger partial charge in [0, 0.05) is 48.3 Å². The molecule has 2 fully saturated rings. The largest absolute Gasteiger partial charge is 0.490 e. The fraction of sp³-hybridized carbons (Fsp3) is 0.541. The maximum Gasteiger partial charge on any atom is 0.337 e. The van der Waals surface area contributed by atoms with Crippen LogP contribution in [0.25, 0.3) is 0 Å². The molecule has 1 aromatic heterocycles. The Bertz CT molecular complexity index is 1540. The van der Waals surface area contributed by atoms with Crippen LogP contribution in [0.3, 0.4) is 0 Å². The van der Waals surface area contributed by atoms with Crippen molar-refractivity contribution in [2.45, 2.75) is 79.7 Å². The van der Waals surface area contributed by atoms with Crippen molar-refractivity contribution in [2.24, 2.45) is 17.8 Å². The lowest BCUT2D eigenvalue weighted by atomic mass is 9.65. The number of carbonyl (C=O) groups is 1. The number of ether oxygens (including phenoxy) is 3. The number of halogens is 1. The zero-order valence-corrected chi connectivity index (χ0v) is 28.4. The molecule has 1 aliphatic heterocycles. The fourth-order valence-electron chi connectivity index (χ4n) is 8.69. The molecule has 0 amide bonds. The highest BCUT2D eigenvalue weighted by atomic mass is 35.5. The lowest BCUT2D eigenvalue weighted by Gasteiger charge is -2.48. The first kappa shape index (κ1) is 31.8. The van der Waals surface area contributed by atoms with Crippen LogP contribution in [0.15, 0.2) is 60.0 Å². The van der Waals surface area contributed by atoms with Crippen LogP contribution in [0.1, 0.15) is 72.9 Å². The normalized spacial score (nSPS) is 27.8. The second-order valence-electron chi connectivity index (χ2n) is 13.7. The summed E-state index contributed by atoms with van der Waals surface area (Å²) in [6.07, 6.45) is 14.2. The van der Waals surface area contributed by atoms with E-state index >= 15 is 0 Å². The number of aromatic nitrogens is 2. The van der Waals surface area contributed by atoms with Gasteiger partial charge in [-0.15, -0.1) is 0 Å². The molecule has 6 atom stereocenters. The van der Waals surface area contributed by atoms with Gasteiger partial charge in [-0.25, -0.2) is 14.8 Å². The van der Waals surface area contributed by atoms with Crippen molar-refractivity contribution in [1.82, 2.24) is 9.97 Å². The van der Waals surface area contributed by atoms with Crippen molar-refractivity contribution in [3.63, 3.8) is 0 Å². The Hall–Kier alpha value is -2.81. The number of nitrogens with zero attached hydrogens (tertiary/aromatic N) is 3. The number of esters is 1. The Balaban J connectivity index is 1.15. The maximum atomic E-state index is 12.6. The number of carbonyl (C=O) groups excluding carboxylic acids is 1. The predicted octanol–water partition coefficient (Wildman–Crippen LogP) is 7.78. The Morgan fingerprint density at radius 3 is 2.76 bits per heavy atom. The number of benzene rings is 2. The van der Waals surface area contributed by atoms with E-state index in [9.17, 15) is 4.79 Å². The molecule has 46 heavy (non-hydrogen) atoms. The quantitative estimate of drug-likeness (QED) is 0.179. The van der Waals surface area contributed by atoms with Crippen molar-refractivity contribution in [3.8, 4) is 5.75 Å². The van der Waals surface area contributed by atoms with E-state index in [1.54, 1.807) is 0 Å². The molecule has 1 unspecified atom stereocenters. The van der Waals surface area contributed by atoms with Crippen LogP contribution in [0.2, 0.25) is 5.02 Å². The monoisotopic (exact) mass is 661 g/mol. The summed E-state index contributed by atoms with van der Waals surface area (Å²) in [7, 11) is 3.35. The molecule has 7 rings (SSSR count). The highest BCUT2D eigenvalue weighted by Crippen LogP contribution is 2.49. The second kappa shape index (κ2) is 13.7. The van der Waals surface area contributed by atoms with Crippen LogP contribution in [0.5, 0.6) is 5.75 Å². The molecule has 1 spiro atoms. The number of thioether (sulfide) groups is 1. The number of methoxy groups -OCH3 is 2.